The van der Waals surface area contributed by atoms with Crippen LogP contribution in [0.5, 0.6) is 28.7 Å². The molecule has 6 N–H and O–H groups in total. The second-order valence-corrected chi connectivity index (χ2v) is 14.9. The van der Waals surface area contributed by atoms with E-state index in [0.717, 1.165) is 5.56 Å². The van der Waals surface area contributed by atoms with Gasteiger partial charge in [-0.05, 0) is 81.0 Å². The molecule has 3 rings (SSSR count). The summed E-state index contributed by atoms with van der Waals surface area (Å²) in [5.74, 6) is -1.03. The van der Waals surface area contributed by atoms with E-state index in [0.29, 0.717) is 61.5 Å². The number of hydrogen-bond donors (Lipinski definition) is 4. The van der Waals surface area contributed by atoms with Crippen molar-refractivity contribution in [3.05, 3.63) is 35.4 Å². The number of methoxy groups -OCH3 is 3. The van der Waals surface area contributed by atoms with Crippen molar-refractivity contribution >= 4 is 29.4 Å². The van der Waals surface area contributed by atoms with Crippen LogP contribution in [0.2, 0.25) is 0 Å². The minimum atomic E-state index is -4.65. The number of aliphatic carboxylic acids is 1. The number of sulfone groups is 1. The molecule has 0 saturated carbocycles. The minimum absolute atomic E-state index is 0. The standard InChI is InChI=1S/C28H39O13PS.C5H12N2O2.Li/c1-6-10-39-28-25(38-11-7-12-40-42(30,31)32)15-20(16-26(28)43(33,34)17-18(2)29)22-9-8-21(41-22)19-13-23(35-3)27(37-5)24(14-19)36-4;6-3-1-2-4(7)5(8)9;/h13-16,21-22H,6-12,17H2,1-5H3,(H2,30,31,32);4H,1-3,6-7H2,(H,8,9);/q;;+1/p-1/t21-,22-;;/m0../s1. The first kappa shape index (κ1) is 48.1. The third-order valence-corrected chi connectivity index (χ3v) is 9.78. The summed E-state index contributed by atoms with van der Waals surface area (Å²) < 4.78 is 76.7. The Morgan fingerprint density at radius 1 is 0.925 bits per heavy atom. The van der Waals surface area contributed by atoms with Crippen LogP contribution in [0.1, 0.15) is 75.7 Å². The van der Waals surface area contributed by atoms with E-state index < -0.39 is 47.3 Å². The summed E-state index contributed by atoms with van der Waals surface area (Å²) in [6.07, 6.45) is 1.94. The van der Waals surface area contributed by atoms with Crippen LogP contribution >= 0.6 is 7.82 Å². The Balaban J connectivity index is 0.00000124. The number of rotatable bonds is 21. The second kappa shape index (κ2) is 23.1. The molecule has 2 aromatic rings. The maximum atomic E-state index is 13.4. The summed E-state index contributed by atoms with van der Waals surface area (Å²) in [5.41, 5.74) is 11.5. The fourth-order valence-electron chi connectivity index (χ4n) is 5.11. The Hall–Kier alpha value is -2.88. The van der Waals surface area contributed by atoms with E-state index in [-0.39, 0.29) is 67.6 Å². The molecule has 1 aliphatic rings. The molecule has 1 heterocycles. The maximum absolute atomic E-state index is 13.4. The molecule has 1 saturated heterocycles. The van der Waals surface area contributed by atoms with Gasteiger partial charge < -0.3 is 59.6 Å². The van der Waals surface area contributed by atoms with Gasteiger partial charge in [0.15, 0.2) is 32.8 Å². The number of carboxylic acid groups (broad SMARTS) is 1. The van der Waals surface area contributed by atoms with Gasteiger partial charge in [0.2, 0.25) is 5.75 Å². The Morgan fingerprint density at radius 3 is 1.96 bits per heavy atom. The van der Waals surface area contributed by atoms with Crippen molar-refractivity contribution in [2.75, 3.05) is 53.4 Å². The van der Waals surface area contributed by atoms with Crippen molar-refractivity contribution < 1.29 is 89.3 Å². The summed E-state index contributed by atoms with van der Waals surface area (Å²) in [4.78, 5) is 39.4. The Kier molecular flexibility index (Phi) is 21.0. The molecule has 0 radical (unpaired) electrons. The van der Waals surface area contributed by atoms with Gasteiger partial charge in [0.1, 0.15) is 16.4 Å². The summed E-state index contributed by atoms with van der Waals surface area (Å²) in [6.45, 7) is 3.36. The zero-order chi connectivity index (χ0) is 39.1. The van der Waals surface area contributed by atoms with Crippen LogP contribution in [-0.4, -0.2) is 89.4 Å². The molecule has 0 spiro atoms. The fraction of sp³-hybridized carbons (Fsp3) is 0.576. The average Bonchev–Trinajstić information content (AvgIpc) is 3.58. The first-order valence-electron chi connectivity index (χ1n) is 16.5. The largest absolute Gasteiger partial charge is 1.00 e. The molecule has 2 aromatic carbocycles. The van der Waals surface area contributed by atoms with Gasteiger partial charge in [-0.1, -0.05) is 6.92 Å². The number of phosphoric ester groups is 1. The van der Waals surface area contributed by atoms with E-state index in [4.69, 9.17) is 49.7 Å². The Labute approximate surface area is 322 Å². The number of benzene rings is 2. The number of ether oxygens (including phenoxy) is 6. The number of phosphoric acid groups is 1. The number of carboxylic acids is 1. The van der Waals surface area contributed by atoms with E-state index in [2.05, 4.69) is 4.52 Å². The van der Waals surface area contributed by atoms with Gasteiger partial charge in [0.05, 0.1) is 59.3 Å². The minimum Gasteiger partial charge on any atom is -0.548 e. The number of carbonyl (C=O) groups excluding carboxylic acids is 2. The summed E-state index contributed by atoms with van der Waals surface area (Å²) in [5, 5.41) is 9.93. The quantitative estimate of drug-likeness (QED) is 0.0682. The first-order chi connectivity index (χ1) is 24.5. The molecule has 1 fully saturated rings. The fourth-order valence-corrected chi connectivity index (χ4v) is 6.92. The molecular weight excluding hydrogens is 734 g/mol. The average molecular weight is 785 g/mol. The van der Waals surface area contributed by atoms with Crippen LogP contribution in [0.25, 0.3) is 0 Å². The van der Waals surface area contributed by atoms with E-state index in [1.165, 1.54) is 34.3 Å². The summed E-state index contributed by atoms with van der Waals surface area (Å²) in [6, 6.07) is 5.83. The van der Waals surface area contributed by atoms with Gasteiger partial charge in [0, 0.05) is 12.5 Å². The van der Waals surface area contributed by atoms with Gasteiger partial charge in [-0.15, -0.1) is 0 Å². The normalized spacial score (nSPS) is 16.0. The number of hydrogen-bond acceptors (Lipinski definition) is 15. The second-order valence-electron chi connectivity index (χ2n) is 11.7. The third kappa shape index (κ3) is 15.4. The van der Waals surface area contributed by atoms with Crippen LogP contribution in [0.3, 0.4) is 0 Å². The summed E-state index contributed by atoms with van der Waals surface area (Å²) >= 11 is 0. The first-order valence-corrected chi connectivity index (χ1v) is 19.7. The Morgan fingerprint density at radius 2 is 1.49 bits per heavy atom. The topological polar surface area (TPSA) is 266 Å². The van der Waals surface area contributed by atoms with Gasteiger partial charge >= 0.3 is 26.7 Å². The van der Waals surface area contributed by atoms with Crippen LogP contribution in [0.15, 0.2) is 29.2 Å². The van der Waals surface area contributed by atoms with Crippen molar-refractivity contribution in [3.63, 3.8) is 0 Å². The SMILES string of the molecule is CCCOc1c(OCCCOP(=O)(O)O)cc([C@@H]2CC[C@@H](c3cc(OC)c(OC)c(OC)c3)O2)cc1S(=O)(=O)CC(C)=O.NCCCC(N)C(=O)[O-].[Li+]. The van der Waals surface area contributed by atoms with Crippen LogP contribution in [-0.2, 0) is 33.3 Å². The van der Waals surface area contributed by atoms with E-state index in [9.17, 15) is 27.7 Å². The zero-order valence-corrected chi connectivity index (χ0v) is 32.7. The molecule has 20 heteroatoms. The molecule has 17 nitrogen and oxygen atoms in total. The predicted octanol–water partition coefficient (Wildman–Crippen LogP) is -0.859. The molecule has 0 amide bonds. The molecule has 53 heavy (non-hydrogen) atoms. The van der Waals surface area contributed by atoms with Crippen molar-refractivity contribution in [2.24, 2.45) is 11.5 Å². The molecule has 1 unspecified atom stereocenters. The Bertz CT molecular complexity index is 1620. The van der Waals surface area contributed by atoms with Gasteiger partial charge in [-0.2, -0.15) is 0 Å². The van der Waals surface area contributed by atoms with Crippen LogP contribution < -0.4 is 59.1 Å². The van der Waals surface area contributed by atoms with Gasteiger partial charge in [-0.3, -0.25) is 9.32 Å². The predicted molar refractivity (Wildman–Crippen MR) is 186 cm³/mol. The molecule has 0 aliphatic carbocycles. The van der Waals surface area contributed by atoms with Gasteiger partial charge in [0.25, 0.3) is 0 Å². The number of nitrogens with two attached hydrogens (primary N) is 2. The molecule has 294 valence electrons. The van der Waals surface area contributed by atoms with Crippen LogP contribution in [0, 0.1) is 0 Å². The molecular formula is C33H50LiN2O15PS. The van der Waals surface area contributed by atoms with Crippen molar-refractivity contribution in [2.45, 2.75) is 75.5 Å². The van der Waals surface area contributed by atoms with E-state index >= 15 is 0 Å². The smallest absolute Gasteiger partial charge is 0.548 e. The number of Topliss-reactive ketones (excluding diaryl/α,β-unsaturated/α-hetero) is 1. The summed E-state index contributed by atoms with van der Waals surface area (Å²) in [7, 11) is -4.22. The van der Waals surface area contributed by atoms with Crippen molar-refractivity contribution in [1.29, 1.82) is 0 Å². The van der Waals surface area contributed by atoms with E-state index in [1.54, 1.807) is 18.2 Å². The number of ketones is 1. The van der Waals surface area contributed by atoms with E-state index in [1.807, 2.05) is 6.92 Å². The van der Waals surface area contributed by atoms with Crippen molar-refractivity contribution in [3.8, 4) is 28.7 Å². The third-order valence-electron chi connectivity index (χ3n) is 7.50. The molecule has 0 bridgehead atoms. The monoisotopic (exact) mass is 784 g/mol. The molecule has 1 aliphatic heterocycles. The molecule has 0 aromatic heterocycles. The van der Waals surface area contributed by atoms with Crippen molar-refractivity contribution in [1.82, 2.24) is 0 Å². The zero-order valence-electron chi connectivity index (χ0n) is 31.0. The number of carbonyl (C=O) groups is 2. The van der Waals surface area contributed by atoms with Crippen LogP contribution in [0.4, 0.5) is 0 Å². The molecule has 3 atom stereocenters. The van der Waals surface area contributed by atoms with Gasteiger partial charge in [-0.25, -0.2) is 13.0 Å². The maximum Gasteiger partial charge on any atom is 1.00 e.